The van der Waals surface area contributed by atoms with E-state index in [4.69, 9.17) is 5.73 Å². The van der Waals surface area contributed by atoms with Crippen LogP contribution in [0.1, 0.15) is 19.8 Å². The lowest BCUT2D eigenvalue weighted by Crippen LogP contribution is -2.34. The first-order valence-corrected chi connectivity index (χ1v) is 7.12. The highest BCUT2D eigenvalue weighted by Crippen LogP contribution is 2.22. The fourth-order valence-corrected chi connectivity index (χ4v) is 2.39. The third kappa shape index (κ3) is 5.34. The summed E-state index contributed by atoms with van der Waals surface area (Å²) in [6.45, 7) is 2.12. The lowest BCUT2D eigenvalue weighted by Gasteiger charge is -2.20. The minimum absolute atomic E-state index is 0.329. The zero-order valence-electron chi connectivity index (χ0n) is 9.45. The van der Waals surface area contributed by atoms with Gasteiger partial charge in [-0.05, 0) is 49.8 Å². The zero-order chi connectivity index (χ0) is 12.0. The maximum Gasteiger partial charge on any atom is 0.0741 e. The molecule has 3 N–H and O–H groups in total. The van der Waals surface area contributed by atoms with E-state index >= 15 is 0 Å². The summed E-state index contributed by atoms with van der Waals surface area (Å²) in [6.07, 6.45) is 1.73. The molecule has 1 rings (SSSR count). The van der Waals surface area contributed by atoms with Crippen molar-refractivity contribution in [2.24, 2.45) is 5.73 Å². The highest BCUT2D eigenvalue weighted by molar-refractivity contribution is 9.10. The summed E-state index contributed by atoms with van der Waals surface area (Å²) in [4.78, 5) is 1.26. The van der Waals surface area contributed by atoms with Crippen LogP contribution in [-0.4, -0.2) is 23.0 Å². The Morgan fingerprint density at radius 3 is 2.56 bits per heavy atom. The van der Waals surface area contributed by atoms with E-state index in [1.807, 2.05) is 23.9 Å². The third-order valence-electron chi connectivity index (χ3n) is 2.38. The minimum atomic E-state index is -0.708. The molecule has 0 aromatic heterocycles. The molecule has 0 amide bonds. The van der Waals surface area contributed by atoms with Gasteiger partial charge >= 0.3 is 0 Å². The molecule has 0 fully saturated rings. The number of nitrogens with two attached hydrogens (primary N) is 1. The average molecular weight is 304 g/mol. The van der Waals surface area contributed by atoms with Crippen LogP contribution in [0.2, 0.25) is 0 Å². The van der Waals surface area contributed by atoms with E-state index < -0.39 is 5.60 Å². The van der Waals surface area contributed by atoms with E-state index in [2.05, 4.69) is 28.1 Å². The molecule has 0 saturated heterocycles. The molecule has 1 unspecified atom stereocenters. The van der Waals surface area contributed by atoms with Crippen molar-refractivity contribution in [1.82, 2.24) is 0 Å². The number of hydrogen-bond acceptors (Lipinski definition) is 3. The zero-order valence-corrected chi connectivity index (χ0v) is 11.9. The minimum Gasteiger partial charge on any atom is -0.389 e. The second kappa shape index (κ2) is 6.64. The maximum absolute atomic E-state index is 9.72. The smallest absolute Gasteiger partial charge is 0.0741 e. The molecule has 0 radical (unpaired) electrons. The van der Waals surface area contributed by atoms with Gasteiger partial charge < -0.3 is 10.8 Å². The fourth-order valence-electron chi connectivity index (χ4n) is 1.28. The van der Waals surface area contributed by atoms with Gasteiger partial charge in [0.15, 0.2) is 0 Å². The summed E-state index contributed by atoms with van der Waals surface area (Å²) in [5.41, 5.74) is 4.75. The van der Waals surface area contributed by atoms with Gasteiger partial charge in [0.1, 0.15) is 0 Å². The first-order chi connectivity index (χ1) is 7.53. The normalized spacial score (nSPS) is 14.8. The van der Waals surface area contributed by atoms with Crippen molar-refractivity contribution in [3.8, 4) is 0 Å². The van der Waals surface area contributed by atoms with E-state index in [9.17, 15) is 5.11 Å². The molecule has 0 bridgehead atoms. The van der Waals surface area contributed by atoms with Gasteiger partial charge in [0.2, 0.25) is 0 Å². The summed E-state index contributed by atoms with van der Waals surface area (Å²) in [5.74, 6) is 1.01. The Hall–Kier alpha value is -0.0300. The molecular formula is C12H18BrNOS. The fraction of sp³-hybridized carbons (Fsp3) is 0.500. The lowest BCUT2D eigenvalue weighted by atomic mass is 10.0. The van der Waals surface area contributed by atoms with Gasteiger partial charge in [0.25, 0.3) is 0 Å². The van der Waals surface area contributed by atoms with Crippen LogP contribution in [0.25, 0.3) is 0 Å². The van der Waals surface area contributed by atoms with Crippen molar-refractivity contribution in [2.75, 3.05) is 12.3 Å². The van der Waals surface area contributed by atoms with Crippen LogP contribution in [0.4, 0.5) is 0 Å². The highest BCUT2D eigenvalue weighted by Gasteiger charge is 2.16. The Morgan fingerprint density at radius 1 is 1.38 bits per heavy atom. The molecule has 2 nitrogen and oxygen atoms in total. The third-order valence-corrected chi connectivity index (χ3v) is 4.01. The maximum atomic E-state index is 9.72. The Bertz CT molecular complexity index is 313. The standard InChI is InChI=1S/C12H18BrNOS/c1-12(15,9-14)7-2-8-16-11-5-3-10(13)4-6-11/h3-6,15H,2,7-9,14H2,1H3. The number of hydrogen-bond donors (Lipinski definition) is 2. The molecule has 0 saturated carbocycles. The molecule has 0 spiro atoms. The van der Waals surface area contributed by atoms with Crippen molar-refractivity contribution < 1.29 is 5.11 Å². The van der Waals surface area contributed by atoms with Gasteiger partial charge in [-0.25, -0.2) is 0 Å². The predicted octanol–water partition coefficient (Wildman–Crippen LogP) is 3.03. The van der Waals surface area contributed by atoms with Gasteiger partial charge in [0.05, 0.1) is 5.60 Å². The van der Waals surface area contributed by atoms with Gasteiger partial charge in [-0.15, -0.1) is 11.8 Å². The van der Waals surface area contributed by atoms with E-state index in [0.717, 1.165) is 23.1 Å². The van der Waals surface area contributed by atoms with Crippen molar-refractivity contribution in [3.05, 3.63) is 28.7 Å². The lowest BCUT2D eigenvalue weighted by molar-refractivity contribution is 0.0596. The Labute approximate surface area is 110 Å². The van der Waals surface area contributed by atoms with Crippen LogP contribution in [0.15, 0.2) is 33.6 Å². The largest absolute Gasteiger partial charge is 0.389 e. The molecule has 0 aliphatic rings. The van der Waals surface area contributed by atoms with Gasteiger partial charge in [-0.1, -0.05) is 15.9 Å². The second-order valence-corrected chi connectivity index (χ2v) is 6.19. The van der Waals surface area contributed by atoms with E-state index in [-0.39, 0.29) is 0 Å². The van der Waals surface area contributed by atoms with E-state index in [1.54, 1.807) is 6.92 Å². The average Bonchev–Trinajstić information content (AvgIpc) is 2.27. The van der Waals surface area contributed by atoms with E-state index in [0.29, 0.717) is 6.54 Å². The van der Waals surface area contributed by atoms with Crippen molar-refractivity contribution in [1.29, 1.82) is 0 Å². The molecule has 0 aliphatic heterocycles. The second-order valence-electron chi connectivity index (χ2n) is 4.11. The van der Waals surface area contributed by atoms with Crippen LogP contribution < -0.4 is 5.73 Å². The molecule has 1 atom stereocenters. The molecule has 90 valence electrons. The van der Waals surface area contributed by atoms with Crippen molar-refractivity contribution >= 4 is 27.7 Å². The number of rotatable bonds is 6. The molecule has 16 heavy (non-hydrogen) atoms. The van der Waals surface area contributed by atoms with Gasteiger partial charge in [-0.2, -0.15) is 0 Å². The summed E-state index contributed by atoms with van der Waals surface area (Å²) in [5, 5.41) is 9.72. The van der Waals surface area contributed by atoms with Crippen LogP contribution >= 0.6 is 27.7 Å². The molecule has 0 aliphatic carbocycles. The molecule has 0 heterocycles. The van der Waals surface area contributed by atoms with Crippen molar-refractivity contribution in [3.63, 3.8) is 0 Å². The van der Waals surface area contributed by atoms with E-state index in [1.165, 1.54) is 4.90 Å². The number of aliphatic hydroxyl groups is 1. The Kier molecular flexibility index (Phi) is 5.83. The molecule has 1 aromatic carbocycles. The first-order valence-electron chi connectivity index (χ1n) is 5.34. The van der Waals surface area contributed by atoms with Crippen molar-refractivity contribution in [2.45, 2.75) is 30.3 Å². The molecule has 1 aromatic rings. The SMILES string of the molecule is CC(O)(CN)CCCSc1ccc(Br)cc1. The summed E-state index contributed by atoms with van der Waals surface area (Å²) in [6, 6.07) is 8.27. The summed E-state index contributed by atoms with van der Waals surface area (Å²) >= 11 is 5.21. The highest BCUT2D eigenvalue weighted by atomic mass is 79.9. The first kappa shape index (κ1) is 14.0. The summed E-state index contributed by atoms with van der Waals surface area (Å²) in [7, 11) is 0. The van der Waals surface area contributed by atoms with Crippen LogP contribution in [-0.2, 0) is 0 Å². The van der Waals surface area contributed by atoms with Gasteiger partial charge in [0, 0.05) is 15.9 Å². The number of thioether (sulfide) groups is 1. The topological polar surface area (TPSA) is 46.2 Å². The molecular weight excluding hydrogens is 286 g/mol. The van der Waals surface area contributed by atoms with Crippen LogP contribution in [0, 0.1) is 0 Å². The van der Waals surface area contributed by atoms with Crippen LogP contribution in [0.3, 0.4) is 0 Å². The Morgan fingerprint density at radius 2 is 2.00 bits per heavy atom. The van der Waals surface area contributed by atoms with Crippen LogP contribution in [0.5, 0.6) is 0 Å². The number of halogens is 1. The Balaban J connectivity index is 2.23. The monoisotopic (exact) mass is 303 g/mol. The summed E-state index contributed by atoms with van der Waals surface area (Å²) < 4.78 is 1.10. The molecule has 4 heteroatoms. The predicted molar refractivity (Wildman–Crippen MR) is 73.8 cm³/mol. The van der Waals surface area contributed by atoms with Gasteiger partial charge in [-0.3, -0.25) is 0 Å². The quantitative estimate of drug-likeness (QED) is 0.627. The number of benzene rings is 1.